The number of aryl methyl sites for hydroxylation is 1. The fourth-order valence-electron chi connectivity index (χ4n) is 5.54. The minimum absolute atomic E-state index is 0.0285. The van der Waals surface area contributed by atoms with Gasteiger partial charge in [0, 0.05) is 31.0 Å². The fraction of sp³-hybridized carbons (Fsp3) is 0.517. The lowest BCUT2D eigenvalue weighted by molar-refractivity contribution is 0.192. The molecule has 2 aliphatic rings. The van der Waals surface area contributed by atoms with Crippen LogP contribution in [0, 0.1) is 11.3 Å². The zero-order valence-electron chi connectivity index (χ0n) is 22.7. The van der Waals surface area contributed by atoms with Crippen molar-refractivity contribution in [2.75, 3.05) is 25.0 Å². The Morgan fingerprint density at radius 1 is 1.18 bits per heavy atom. The predicted octanol–water partition coefficient (Wildman–Crippen LogP) is 4.92. The summed E-state index contributed by atoms with van der Waals surface area (Å²) < 4.78 is 1.67. The van der Waals surface area contributed by atoms with Gasteiger partial charge < -0.3 is 20.6 Å². The number of anilines is 2. The third-order valence-electron chi connectivity index (χ3n) is 7.88. The molecule has 5 rings (SSSR count). The molecule has 3 N–H and O–H groups in total. The van der Waals surface area contributed by atoms with Crippen molar-refractivity contribution in [2.24, 2.45) is 11.3 Å². The van der Waals surface area contributed by atoms with Crippen molar-refractivity contribution in [1.82, 2.24) is 30.0 Å². The van der Waals surface area contributed by atoms with Gasteiger partial charge in [-0.3, -0.25) is 4.68 Å². The van der Waals surface area contributed by atoms with Gasteiger partial charge in [-0.15, -0.1) is 0 Å². The fourth-order valence-corrected chi connectivity index (χ4v) is 5.54. The Labute approximate surface area is 224 Å². The molecule has 1 aromatic carbocycles. The predicted molar refractivity (Wildman–Crippen MR) is 148 cm³/mol. The number of rotatable bonds is 6. The van der Waals surface area contributed by atoms with E-state index >= 15 is 0 Å². The van der Waals surface area contributed by atoms with Gasteiger partial charge in [-0.25, -0.2) is 14.8 Å². The molecule has 2 aromatic heterocycles. The van der Waals surface area contributed by atoms with Gasteiger partial charge in [-0.1, -0.05) is 39.3 Å². The molecule has 1 aliphatic carbocycles. The number of nitrogens with one attached hydrogen (secondary N) is 2. The van der Waals surface area contributed by atoms with Crippen LogP contribution in [-0.2, 0) is 13.0 Å². The molecule has 38 heavy (non-hydrogen) atoms. The van der Waals surface area contributed by atoms with Gasteiger partial charge in [0.25, 0.3) is 0 Å². The molecule has 3 aromatic rings. The average Bonchev–Trinajstić information content (AvgIpc) is 3.52. The van der Waals surface area contributed by atoms with Gasteiger partial charge in [0.05, 0.1) is 36.8 Å². The van der Waals surface area contributed by atoms with Gasteiger partial charge in [0.2, 0.25) is 5.95 Å². The van der Waals surface area contributed by atoms with E-state index in [1.807, 2.05) is 17.2 Å². The van der Waals surface area contributed by atoms with E-state index in [9.17, 15) is 4.79 Å². The van der Waals surface area contributed by atoms with Crippen LogP contribution < -0.4 is 10.6 Å². The highest BCUT2D eigenvalue weighted by Crippen LogP contribution is 2.35. The Kier molecular flexibility index (Phi) is 7.65. The number of likely N-dealkylation sites (tertiary alicyclic amines) is 1. The molecule has 2 atom stereocenters. The average molecular weight is 518 g/mol. The summed E-state index contributed by atoms with van der Waals surface area (Å²) in [6.07, 6.45) is 10.5. The van der Waals surface area contributed by atoms with E-state index in [0.717, 1.165) is 62.1 Å². The van der Waals surface area contributed by atoms with E-state index in [4.69, 9.17) is 10.1 Å². The number of hydrogen-bond donors (Lipinski definition) is 3. The lowest BCUT2D eigenvalue weighted by Gasteiger charge is -2.28. The van der Waals surface area contributed by atoms with E-state index in [1.54, 1.807) is 17.1 Å². The number of nitrogens with zero attached hydrogens (tertiary/aromatic N) is 5. The number of aliphatic hydroxyl groups is 1. The van der Waals surface area contributed by atoms with Crippen LogP contribution >= 0.6 is 0 Å². The van der Waals surface area contributed by atoms with E-state index in [2.05, 4.69) is 59.7 Å². The number of carbonyl (C=O) groups is 1. The second kappa shape index (κ2) is 11.1. The molecular formula is C29H39N7O2. The third-order valence-corrected chi connectivity index (χ3v) is 7.88. The van der Waals surface area contributed by atoms with Crippen molar-refractivity contribution < 1.29 is 9.90 Å². The number of benzene rings is 1. The normalized spacial score (nSPS) is 19.6. The molecule has 9 heteroatoms. The zero-order valence-corrected chi connectivity index (χ0v) is 22.7. The molecule has 2 unspecified atom stereocenters. The number of urea groups is 1. The second-order valence-electron chi connectivity index (χ2n) is 11.6. The first-order valence-corrected chi connectivity index (χ1v) is 13.7. The topological polar surface area (TPSA) is 108 Å². The number of amides is 2. The van der Waals surface area contributed by atoms with Gasteiger partial charge in [-0.2, -0.15) is 5.10 Å². The standard InChI is InChI=1S/C29H39N7O2/c1-29(2,3)22-11-13-35(18-22)28(38)34-26-7-5-4-6-20-16-21(8-9-24(20)26)25-10-12-30-27(33-25)32-23-17-31-36(19-23)14-15-37/h8-10,12,16-17,19,22,26,37H,4-7,11,13-15,18H2,1-3H3,(H,34,38)(H,30,32,33). The first-order valence-electron chi connectivity index (χ1n) is 13.7. The summed E-state index contributed by atoms with van der Waals surface area (Å²) in [5, 5.41) is 19.9. The summed E-state index contributed by atoms with van der Waals surface area (Å²) in [5.74, 6) is 1.03. The molecule has 9 nitrogen and oxygen atoms in total. The molecule has 202 valence electrons. The van der Waals surface area contributed by atoms with Crippen LogP contribution in [0.5, 0.6) is 0 Å². The maximum absolute atomic E-state index is 13.2. The van der Waals surface area contributed by atoms with Gasteiger partial charge in [0.1, 0.15) is 0 Å². The van der Waals surface area contributed by atoms with Crippen LogP contribution in [0.15, 0.2) is 42.9 Å². The van der Waals surface area contributed by atoms with Crippen molar-refractivity contribution in [3.05, 3.63) is 54.0 Å². The monoisotopic (exact) mass is 517 g/mol. The molecule has 2 amide bonds. The molecule has 1 aliphatic heterocycles. The lowest BCUT2D eigenvalue weighted by Crippen LogP contribution is -2.41. The van der Waals surface area contributed by atoms with Crippen LogP contribution in [0.3, 0.4) is 0 Å². The maximum Gasteiger partial charge on any atom is 0.317 e. The lowest BCUT2D eigenvalue weighted by atomic mass is 9.80. The van der Waals surface area contributed by atoms with Crippen LogP contribution in [0.2, 0.25) is 0 Å². The first-order chi connectivity index (χ1) is 18.3. The van der Waals surface area contributed by atoms with Gasteiger partial charge in [0.15, 0.2) is 0 Å². The molecule has 0 bridgehead atoms. The van der Waals surface area contributed by atoms with E-state index in [-0.39, 0.29) is 24.1 Å². The summed E-state index contributed by atoms with van der Waals surface area (Å²) in [6, 6.07) is 8.48. The summed E-state index contributed by atoms with van der Waals surface area (Å²) in [5.41, 5.74) is 5.35. The number of carbonyl (C=O) groups excluding carboxylic acids is 1. The van der Waals surface area contributed by atoms with Crippen LogP contribution in [-0.4, -0.2) is 55.5 Å². The molecule has 0 saturated carbocycles. The Morgan fingerprint density at radius 2 is 2.05 bits per heavy atom. The maximum atomic E-state index is 13.2. The Hall–Kier alpha value is -3.46. The quantitative estimate of drug-likeness (QED) is 0.401. The van der Waals surface area contributed by atoms with Crippen molar-refractivity contribution in [3.8, 4) is 11.3 Å². The second-order valence-corrected chi connectivity index (χ2v) is 11.6. The summed E-state index contributed by atoms with van der Waals surface area (Å²) in [4.78, 5) is 24.3. The summed E-state index contributed by atoms with van der Waals surface area (Å²) in [7, 11) is 0. The van der Waals surface area contributed by atoms with Crippen LogP contribution in [0.1, 0.15) is 63.6 Å². The van der Waals surface area contributed by atoms with Crippen LogP contribution in [0.4, 0.5) is 16.4 Å². The highest BCUT2D eigenvalue weighted by molar-refractivity contribution is 5.75. The van der Waals surface area contributed by atoms with E-state index in [1.165, 1.54) is 11.1 Å². The highest BCUT2D eigenvalue weighted by Gasteiger charge is 2.34. The van der Waals surface area contributed by atoms with Crippen molar-refractivity contribution in [3.63, 3.8) is 0 Å². The smallest absolute Gasteiger partial charge is 0.317 e. The van der Waals surface area contributed by atoms with Gasteiger partial charge >= 0.3 is 6.03 Å². The molecule has 0 radical (unpaired) electrons. The number of aliphatic hydroxyl groups excluding tert-OH is 1. The highest BCUT2D eigenvalue weighted by atomic mass is 16.3. The summed E-state index contributed by atoms with van der Waals surface area (Å²) in [6.45, 7) is 8.94. The molecular weight excluding hydrogens is 478 g/mol. The number of hydrogen-bond acceptors (Lipinski definition) is 6. The van der Waals surface area contributed by atoms with Gasteiger partial charge in [-0.05, 0) is 60.3 Å². The zero-order chi connectivity index (χ0) is 26.7. The third kappa shape index (κ3) is 5.99. The first kappa shape index (κ1) is 26.2. The van der Waals surface area contributed by atoms with Crippen molar-refractivity contribution in [1.29, 1.82) is 0 Å². The van der Waals surface area contributed by atoms with Crippen LogP contribution in [0.25, 0.3) is 11.3 Å². The van der Waals surface area contributed by atoms with Crippen molar-refractivity contribution >= 4 is 17.7 Å². The van der Waals surface area contributed by atoms with E-state index < -0.39 is 0 Å². The summed E-state index contributed by atoms with van der Waals surface area (Å²) >= 11 is 0. The molecule has 1 fully saturated rings. The molecule has 0 spiro atoms. The SMILES string of the molecule is CC(C)(C)C1CCN(C(=O)NC2CCCCc3cc(-c4ccnc(Nc5cnn(CCO)c5)n4)ccc32)C1. The van der Waals surface area contributed by atoms with Crippen molar-refractivity contribution in [2.45, 2.75) is 65.5 Å². The Morgan fingerprint density at radius 3 is 2.84 bits per heavy atom. The van der Waals surface area contributed by atoms with E-state index in [0.29, 0.717) is 18.4 Å². The Balaban J connectivity index is 1.30. The molecule has 1 saturated heterocycles. The number of fused-ring (bicyclic) bond motifs is 1. The minimum Gasteiger partial charge on any atom is -0.394 e. The number of aromatic nitrogens is 4. The Bertz CT molecular complexity index is 1270. The largest absolute Gasteiger partial charge is 0.394 e. The molecule has 3 heterocycles. The minimum atomic E-state index is 0.0285.